The van der Waals surface area contributed by atoms with Gasteiger partial charge in [-0.15, -0.1) is 0 Å². The first-order valence-corrected chi connectivity index (χ1v) is 14.2. The van der Waals surface area contributed by atoms with Crippen molar-refractivity contribution in [3.05, 3.63) is 119 Å². The summed E-state index contributed by atoms with van der Waals surface area (Å²) in [6, 6.07) is 20.0. The Kier molecular flexibility index (Phi) is 8.71. The van der Waals surface area contributed by atoms with E-state index in [4.69, 9.17) is 5.73 Å². The largest absolute Gasteiger partial charge is 0.416 e. The molecule has 3 atom stereocenters. The molecule has 6 nitrogen and oxygen atoms in total. The Labute approximate surface area is 252 Å². The molecule has 1 aliphatic heterocycles. The molecule has 1 fully saturated rings. The van der Waals surface area contributed by atoms with Crippen LogP contribution in [0.4, 0.5) is 17.6 Å². The quantitative estimate of drug-likeness (QED) is 0.269. The summed E-state index contributed by atoms with van der Waals surface area (Å²) in [5, 5.41) is 1.85. The summed E-state index contributed by atoms with van der Waals surface area (Å²) in [5.41, 5.74) is 6.10. The van der Waals surface area contributed by atoms with Crippen LogP contribution in [0.15, 0.2) is 91.0 Å². The number of carbonyl (C=O) groups is 3. The predicted octanol–water partition coefficient (Wildman–Crippen LogP) is 5.83. The van der Waals surface area contributed by atoms with Gasteiger partial charge in [0.1, 0.15) is 17.9 Å². The highest BCUT2D eigenvalue weighted by Crippen LogP contribution is 2.34. The molecule has 1 heterocycles. The van der Waals surface area contributed by atoms with Crippen molar-refractivity contribution in [2.75, 3.05) is 6.54 Å². The van der Waals surface area contributed by atoms with Crippen molar-refractivity contribution in [2.24, 2.45) is 5.73 Å². The second-order valence-corrected chi connectivity index (χ2v) is 11.1. The highest BCUT2D eigenvalue weighted by molar-refractivity contribution is 5.94. The lowest BCUT2D eigenvalue weighted by atomic mass is 9.96. The molecule has 10 heteroatoms. The van der Waals surface area contributed by atoms with Gasteiger partial charge < -0.3 is 15.5 Å². The van der Waals surface area contributed by atoms with Crippen LogP contribution in [0.5, 0.6) is 0 Å². The van der Waals surface area contributed by atoms with Crippen molar-refractivity contribution in [3.63, 3.8) is 0 Å². The first-order chi connectivity index (χ1) is 20.9. The van der Waals surface area contributed by atoms with E-state index in [1.54, 1.807) is 6.92 Å². The number of rotatable bonds is 7. The van der Waals surface area contributed by atoms with E-state index in [2.05, 4.69) is 0 Å². The molecular formula is C34H31F4N3O3. The standard InChI is InChI=1S/C34H31F4N3O3/c1-21-15-16-40(29(32(39)43)20-24-10-5-9-23-8-2-3-14-28(23)24)33(44)31(25-11-6-13-27(35)19-25)41(21)30(42)18-22-7-4-12-26(17-22)34(36,37)38/h2-14,17,19,21,29,31H,15-16,18,20H2,1H3,(H2,39,43). The SMILES string of the molecule is CC1CCN(C(Cc2cccc3ccccc23)C(N)=O)C(=O)C(c2cccc(F)c2)N1C(=O)Cc1cccc(C(F)(F)F)c1. The fourth-order valence-corrected chi connectivity index (χ4v) is 5.95. The number of hydrogen-bond acceptors (Lipinski definition) is 3. The number of fused-ring (bicyclic) bond motifs is 1. The van der Waals surface area contributed by atoms with Crippen LogP contribution in [0, 0.1) is 5.82 Å². The molecule has 1 saturated heterocycles. The Morgan fingerprint density at radius 2 is 1.66 bits per heavy atom. The van der Waals surface area contributed by atoms with E-state index < -0.39 is 59.8 Å². The minimum Gasteiger partial charge on any atom is -0.368 e. The number of benzene rings is 4. The molecule has 0 aliphatic carbocycles. The third-order valence-electron chi connectivity index (χ3n) is 8.12. The van der Waals surface area contributed by atoms with Crippen LogP contribution in [0.3, 0.4) is 0 Å². The molecule has 3 unspecified atom stereocenters. The summed E-state index contributed by atoms with van der Waals surface area (Å²) in [6.45, 7) is 1.80. The minimum absolute atomic E-state index is 0.0809. The van der Waals surface area contributed by atoms with Gasteiger partial charge in [0.2, 0.25) is 11.8 Å². The molecule has 0 spiro atoms. The van der Waals surface area contributed by atoms with Gasteiger partial charge in [-0.1, -0.05) is 72.8 Å². The molecule has 2 N–H and O–H groups in total. The van der Waals surface area contributed by atoms with Crippen molar-refractivity contribution in [1.29, 1.82) is 0 Å². The average molecular weight is 606 g/mol. The number of amides is 3. The Balaban J connectivity index is 1.53. The lowest BCUT2D eigenvalue weighted by Crippen LogP contribution is -2.52. The van der Waals surface area contributed by atoms with Gasteiger partial charge in [-0.25, -0.2) is 4.39 Å². The Morgan fingerprint density at radius 3 is 2.39 bits per heavy atom. The topological polar surface area (TPSA) is 83.7 Å². The van der Waals surface area contributed by atoms with E-state index in [0.29, 0.717) is 0 Å². The Hall–Kier alpha value is -4.73. The number of hydrogen-bond donors (Lipinski definition) is 1. The van der Waals surface area contributed by atoms with Gasteiger partial charge in [0.15, 0.2) is 0 Å². The number of nitrogens with zero attached hydrogens (tertiary/aromatic N) is 2. The molecule has 0 saturated carbocycles. The molecule has 1 aliphatic rings. The maximum Gasteiger partial charge on any atom is 0.416 e. The summed E-state index contributed by atoms with van der Waals surface area (Å²) < 4.78 is 54.6. The van der Waals surface area contributed by atoms with Gasteiger partial charge in [0, 0.05) is 19.0 Å². The number of alkyl halides is 3. The smallest absolute Gasteiger partial charge is 0.368 e. The van der Waals surface area contributed by atoms with Gasteiger partial charge in [-0.3, -0.25) is 14.4 Å². The van der Waals surface area contributed by atoms with Crippen molar-refractivity contribution in [3.8, 4) is 0 Å². The molecule has 228 valence electrons. The van der Waals surface area contributed by atoms with E-state index >= 15 is 0 Å². The lowest BCUT2D eigenvalue weighted by Gasteiger charge is -2.36. The molecule has 0 bridgehead atoms. The van der Waals surface area contributed by atoms with Gasteiger partial charge in [-0.05, 0) is 59.0 Å². The molecule has 5 rings (SSSR count). The second-order valence-electron chi connectivity index (χ2n) is 11.1. The van der Waals surface area contributed by atoms with Crippen molar-refractivity contribution < 1.29 is 31.9 Å². The first-order valence-electron chi connectivity index (χ1n) is 14.2. The molecular weight excluding hydrogens is 574 g/mol. The van der Waals surface area contributed by atoms with Gasteiger partial charge in [0.25, 0.3) is 5.91 Å². The highest BCUT2D eigenvalue weighted by Gasteiger charge is 2.43. The number of primary amides is 1. The molecule has 3 amide bonds. The van der Waals surface area contributed by atoms with Crippen LogP contribution < -0.4 is 5.73 Å². The summed E-state index contributed by atoms with van der Waals surface area (Å²) in [4.78, 5) is 43.8. The molecule has 4 aromatic carbocycles. The van der Waals surface area contributed by atoms with E-state index in [1.807, 2.05) is 42.5 Å². The zero-order valence-electron chi connectivity index (χ0n) is 23.9. The van der Waals surface area contributed by atoms with Crippen LogP contribution in [-0.2, 0) is 33.4 Å². The summed E-state index contributed by atoms with van der Waals surface area (Å²) >= 11 is 0. The maximum atomic E-state index is 14.5. The summed E-state index contributed by atoms with van der Waals surface area (Å²) in [7, 11) is 0. The lowest BCUT2D eigenvalue weighted by molar-refractivity contribution is -0.148. The highest BCUT2D eigenvalue weighted by atomic mass is 19.4. The Morgan fingerprint density at radius 1 is 0.955 bits per heavy atom. The molecule has 0 aromatic heterocycles. The number of halogens is 4. The van der Waals surface area contributed by atoms with Crippen LogP contribution in [0.2, 0.25) is 0 Å². The van der Waals surface area contributed by atoms with Gasteiger partial charge >= 0.3 is 6.18 Å². The molecule has 44 heavy (non-hydrogen) atoms. The number of nitrogens with two attached hydrogens (primary N) is 1. The second kappa shape index (κ2) is 12.5. The average Bonchev–Trinajstić information content (AvgIpc) is 3.11. The van der Waals surface area contributed by atoms with Crippen molar-refractivity contribution in [2.45, 2.75) is 50.5 Å². The van der Waals surface area contributed by atoms with Gasteiger partial charge in [0.05, 0.1) is 12.0 Å². The first kappa shape index (κ1) is 30.7. The third kappa shape index (κ3) is 6.44. The zero-order chi connectivity index (χ0) is 31.6. The van der Waals surface area contributed by atoms with Crippen LogP contribution in [0.1, 0.15) is 41.6 Å². The minimum atomic E-state index is -4.59. The van der Waals surface area contributed by atoms with Crippen molar-refractivity contribution >= 4 is 28.5 Å². The third-order valence-corrected chi connectivity index (χ3v) is 8.12. The van der Waals surface area contributed by atoms with Crippen LogP contribution >= 0.6 is 0 Å². The van der Waals surface area contributed by atoms with E-state index in [-0.39, 0.29) is 30.5 Å². The molecule has 4 aromatic rings. The maximum absolute atomic E-state index is 14.5. The summed E-state index contributed by atoms with van der Waals surface area (Å²) in [6.07, 6.45) is -4.64. The normalized spacial score (nSPS) is 18.2. The van der Waals surface area contributed by atoms with Gasteiger partial charge in [-0.2, -0.15) is 13.2 Å². The van der Waals surface area contributed by atoms with Crippen LogP contribution in [0.25, 0.3) is 10.8 Å². The van der Waals surface area contributed by atoms with E-state index in [9.17, 15) is 31.9 Å². The van der Waals surface area contributed by atoms with E-state index in [1.165, 1.54) is 40.1 Å². The van der Waals surface area contributed by atoms with Crippen LogP contribution in [-0.4, -0.2) is 46.1 Å². The fraction of sp³-hybridized carbons (Fsp3) is 0.265. The Bertz CT molecular complexity index is 1700. The van der Waals surface area contributed by atoms with Crippen molar-refractivity contribution in [1.82, 2.24) is 9.80 Å². The monoisotopic (exact) mass is 605 g/mol. The summed E-state index contributed by atoms with van der Waals surface area (Å²) in [5.74, 6) is -2.60. The fourth-order valence-electron chi connectivity index (χ4n) is 5.95. The molecule has 0 radical (unpaired) electrons. The number of carbonyl (C=O) groups excluding carboxylic acids is 3. The predicted molar refractivity (Wildman–Crippen MR) is 158 cm³/mol. The van der Waals surface area contributed by atoms with E-state index in [0.717, 1.165) is 34.5 Å². The zero-order valence-corrected chi connectivity index (χ0v) is 23.9.